The Morgan fingerprint density at radius 2 is 1.96 bits per heavy atom. The number of piperidine rings is 1. The lowest BCUT2D eigenvalue weighted by Gasteiger charge is -2.34. The highest BCUT2D eigenvalue weighted by Gasteiger charge is 2.24. The summed E-state index contributed by atoms with van der Waals surface area (Å²) in [6.07, 6.45) is 5.51. The second kappa shape index (κ2) is 8.02. The molecule has 5 heteroatoms. The van der Waals surface area contributed by atoms with Crippen LogP contribution in [0.2, 0.25) is 0 Å². The van der Waals surface area contributed by atoms with Gasteiger partial charge in [0.15, 0.2) is 0 Å². The van der Waals surface area contributed by atoms with Gasteiger partial charge in [-0.1, -0.05) is 0 Å². The number of ether oxygens (including phenoxy) is 2. The van der Waals surface area contributed by atoms with Crippen molar-refractivity contribution >= 4 is 12.0 Å². The molecule has 1 fully saturated rings. The first-order valence-corrected chi connectivity index (χ1v) is 7.99. The zero-order valence-electron chi connectivity index (χ0n) is 14.1. The number of nitrogens with two attached hydrogens (primary N) is 1. The highest BCUT2D eigenvalue weighted by molar-refractivity contribution is 5.92. The Bertz CT molecular complexity index is 547. The Hall–Kier alpha value is -2.01. The maximum atomic E-state index is 12.4. The predicted octanol–water partition coefficient (Wildman–Crippen LogP) is 2.30. The lowest BCUT2D eigenvalue weighted by atomic mass is 9.92. The highest BCUT2D eigenvalue weighted by atomic mass is 16.5. The van der Waals surface area contributed by atoms with Crippen LogP contribution in [0, 0.1) is 5.92 Å². The number of amides is 1. The molecule has 5 nitrogen and oxygen atoms in total. The van der Waals surface area contributed by atoms with Crippen LogP contribution >= 0.6 is 0 Å². The summed E-state index contributed by atoms with van der Waals surface area (Å²) in [5, 5.41) is 0. The van der Waals surface area contributed by atoms with E-state index < -0.39 is 0 Å². The average molecular weight is 318 g/mol. The summed E-state index contributed by atoms with van der Waals surface area (Å²) in [6, 6.07) is 5.66. The Kier molecular flexibility index (Phi) is 6.04. The van der Waals surface area contributed by atoms with Crippen molar-refractivity contribution in [3.63, 3.8) is 0 Å². The van der Waals surface area contributed by atoms with Crippen molar-refractivity contribution in [3.8, 4) is 11.5 Å². The van der Waals surface area contributed by atoms with E-state index in [1.807, 2.05) is 24.0 Å². The van der Waals surface area contributed by atoms with Gasteiger partial charge in [0.1, 0.15) is 11.5 Å². The Morgan fingerprint density at radius 1 is 1.30 bits per heavy atom. The number of hydrogen-bond donors (Lipinski definition) is 1. The number of nitrogens with zero attached hydrogens (tertiary/aromatic N) is 1. The van der Waals surface area contributed by atoms with E-state index in [2.05, 4.69) is 0 Å². The second-order valence-electron chi connectivity index (χ2n) is 6.03. The standard InChI is InChI=1S/C18H26N2O3/c1-13(19)15-5-4-8-20(12-15)18(21)7-6-14-9-16(22-2)11-17(10-14)23-3/h6-7,9-11,13,15H,4-5,8,12,19H2,1-3H3/b7-6+. The molecule has 0 radical (unpaired) electrons. The van der Waals surface area contributed by atoms with Gasteiger partial charge in [0.2, 0.25) is 5.91 Å². The van der Waals surface area contributed by atoms with E-state index in [-0.39, 0.29) is 11.9 Å². The predicted molar refractivity (Wildman–Crippen MR) is 91.5 cm³/mol. The minimum absolute atomic E-state index is 0.0251. The Balaban J connectivity index is 2.06. The van der Waals surface area contributed by atoms with Crippen LogP contribution < -0.4 is 15.2 Å². The van der Waals surface area contributed by atoms with E-state index in [9.17, 15) is 4.79 Å². The number of carbonyl (C=O) groups excluding carboxylic acids is 1. The maximum Gasteiger partial charge on any atom is 0.246 e. The molecule has 23 heavy (non-hydrogen) atoms. The SMILES string of the molecule is COc1cc(/C=C/C(=O)N2CCCC(C(C)N)C2)cc(OC)c1. The van der Waals surface area contributed by atoms with Gasteiger partial charge in [-0.05, 0) is 49.5 Å². The number of carbonyl (C=O) groups is 1. The van der Waals surface area contributed by atoms with Crippen LogP contribution in [0.1, 0.15) is 25.3 Å². The molecule has 1 aliphatic rings. The fourth-order valence-electron chi connectivity index (χ4n) is 2.84. The second-order valence-corrected chi connectivity index (χ2v) is 6.03. The van der Waals surface area contributed by atoms with Gasteiger partial charge in [0, 0.05) is 31.3 Å². The molecule has 1 amide bonds. The van der Waals surface area contributed by atoms with Crippen LogP contribution in [-0.4, -0.2) is 44.2 Å². The summed E-state index contributed by atoms with van der Waals surface area (Å²) in [6.45, 7) is 3.55. The van der Waals surface area contributed by atoms with Crippen LogP contribution in [-0.2, 0) is 4.79 Å². The van der Waals surface area contributed by atoms with Crippen molar-refractivity contribution < 1.29 is 14.3 Å². The van der Waals surface area contributed by atoms with Gasteiger partial charge in [0.25, 0.3) is 0 Å². The van der Waals surface area contributed by atoms with Crippen molar-refractivity contribution in [1.82, 2.24) is 4.90 Å². The summed E-state index contributed by atoms with van der Waals surface area (Å²) in [7, 11) is 3.21. The van der Waals surface area contributed by atoms with Crippen molar-refractivity contribution in [2.75, 3.05) is 27.3 Å². The van der Waals surface area contributed by atoms with E-state index in [1.54, 1.807) is 32.4 Å². The number of rotatable bonds is 5. The van der Waals surface area contributed by atoms with E-state index in [4.69, 9.17) is 15.2 Å². The van der Waals surface area contributed by atoms with E-state index in [0.29, 0.717) is 17.4 Å². The summed E-state index contributed by atoms with van der Waals surface area (Å²) in [5.41, 5.74) is 6.85. The van der Waals surface area contributed by atoms with Gasteiger partial charge >= 0.3 is 0 Å². The third kappa shape index (κ3) is 4.73. The van der Waals surface area contributed by atoms with Crippen molar-refractivity contribution in [2.45, 2.75) is 25.8 Å². The van der Waals surface area contributed by atoms with Crippen molar-refractivity contribution in [1.29, 1.82) is 0 Å². The van der Waals surface area contributed by atoms with Crippen LogP contribution in [0.25, 0.3) is 6.08 Å². The van der Waals surface area contributed by atoms with Crippen molar-refractivity contribution in [2.24, 2.45) is 11.7 Å². The molecule has 126 valence electrons. The monoisotopic (exact) mass is 318 g/mol. The lowest BCUT2D eigenvalue weighted by molar-refractivity contribution is -0.127. The average Bonchev–Trinajstić information content (AvgIpc) is 2.59. The molecule has 0 saturated carbocycles. The van der Waals surface area contributed by atoms with Gasteiger partial charge in [-0.15, -0.1) is 0 Å². The van der Waals surface area contributed by atoms with Crippen LogP contribution in [0.5, 0.6) is 11.5 Å². The number of likely N-dealkylation sites (tertiary alicyclic amines) is 1. The molecular weight excluding hydrogens is 292 g/mol. The molecule has 1 aromatic carbocycles. The normalized spacial score (nSPS) is 19.7. The fourth-order valence-corrected chi connectivity index (χ4v) is 2.84. The first-order valence-electron chi connectivity index (χ1n) is 7.99. The number of benzene rings is 1. The molecule has 0 aromatic heterocycles. The zero-order valence-corrected chi connectivity index (χ0v) is 14.1. The topological polar surface area (TPSA) is 64.8 Å². The van der Waals surface area contributed by atoms with Gasteiger partial charge < -0.3 is 20.1 Å². The third-order valence-corrected chi connectivity index (χ3v) is 4.31. The van der Waals surface area contributed by atoms with Gasteiger partial charge in [0.05, 0.1) is 14.2 Å². The highest BCUT2D eigenvalue weighted by Crippen LogP contribution is 2.24. The Morgan fingerprint density at radius 3 is 2.52 bits per heavy atom. The molecule has 1 aliphatic heterocycles. The van der Waals surface area contributed by atoms with E-state index in [0.717, 1.165) is 31.5 Å². The van der Waals surface area contributed by atoms with E-state index in [1.165, 1.54) is 0 Å². The molecule has 2 atom stereocenters. The van der Waals surface area contributed by atoms with Crippen molar-refractivity contribution in [3.05, 3.63) is 29.8 Å². The quantitative estimate of drug-likeness (QED) is 0.846. The molecule has 2 N–H and O–H groups in total. The smallest absolute Gasteiger partial charge is 0.246 e. The van der Waals surface area contributed by atoms with Crippen LogP contribution in [0.4, 0.5) is 0 Å². The summed E-state index contributed by atoms with van der Waals surface area (Å²) < 4.78 is 10.5. The molecule has 1 saturated heterocycles. The van der Waals surface area contributed by atoms with Gasteiger partial charge in [-0.3, -0.25) is 4.79 Å². The molecule has 1 heterocycles. The first kappa shape index (κ1) is 17.3. The molecule has 0 aliphatic carbocycles. The van der Waals surface area contributed by atoms with Gasteiger partial charge in [-0.25, -0.2) is 0 Å². The molecule has 2 rings (SSSR count). The third-order valence-electron chi connectivity index (χ3n) is 4.31. The lowest BCUT2D eigenvalue weighted by Crippen LogP contribution is -2.44. The fraction of sp³-hybridized carbons (Fsp3) is 0.500. The first-order chi connectivity index (χ1) is 11.0. The molecule has 2 unspecified atom stereocenters. The minimum Gasteiger partial charge on any atom is -0.497 e. The Labute approximate surface area is 138 Å². The van der Waals surface area contributed by atoms with Gasteiger partial charge in [-0.2, -0.15) is 0 Å². The largest absolute Gasteiger partial charge is 0.497 e. The summed E-state index contributed by atoms with van der Waals surface area (Å²) >= 11 is 0. The minimum atomic E-state index is 0.0251. The number of hydrogen-bond acceptors (Lipinski definition) is 4. The summed E-state index contributed by atoms with van der Waals surface area (Å²) in [5.74, 6) is 1.81. The molecule has 0 spiro atoms. The van der Waals surface area contributed by atoms with Crippen LogP contribution in [0.15, 0.2) is 24.3 Å². The molecule has 1 aromatic rings. The van der Waals surface area contributed by atoms with E-state index >= 15 is 0 Å². The zero-order chi connectivity index (χ0) is 16.8. The molecule has 0 bridgehead atoms. The van der Waals surface area contributed by atoms with Crippen LogP contribution in [0.3, 0.4) is 0 Å². The maximum absolute atomic E-state index is 12.4. The molecular formula is C18H26N2O3. The number of methoxy groups -OCH3 is 2. The summed E-state index contributed by atoms with van der Waals surface area (Å²) in [4.78, 5) is 14.3.